The van der Waals surface area contributed by atoms with Gasteiger partial charge in [-0.15, -0.1) is 0 Å². The Hall–Kier alpha value is -0.970. The minimum atomic E-state index is -1.72. The number of hydrogen-bond donors (Lipinski definition) is 2. The molecule has 0 fully saturated rings. The van der Waals surface area contributed by atoms with Crippen molar-refractivity contribution in [3.05, 3.63) is 56.0 Å². The summed E-state index contributed by atoms with van der Waals surface area (Å²) < 4.78 is 0. The third-order valence-corrected chi connectivity index (χ3v) is 4.51. The van der Waals surface area contributed by atoms with Crippen LogP contribution in [0.15, 0.2) is 30.3 Å². The number of aliphatic hydroxyl groups excluding tert-OH is 1. The highest BCUT2D eigenvalue weighted by Crippen LogP contribution is 2.39. The van der Waals surface area contributed by atoms with Crippen LogP contribution in [0.3, 0.4) is 0 Å². The molecule has 2 aromatic rings. The van der Waals surface area contributed by atoms with E-state index in [4.69, 9.17) is 51.5 Å². The zero-order valence-corrected chi connectivity index (χ0v) is 13.3. The fourth-order valence-corrected chi connectivity index (χ4v) is 2.67. The van der Waals surface area contributed by atoms with Crippen molar-refractivity contribution < 1.29 is 15.0 Å². The number of benzene rings is 2. The van der Waals surface area contributed by atoms with Crippen LogP contribution < -0.4 is 0 Å². The molecule has 1 atom stereocenters. The lowest BCUT2D eigenvalue weighted by molar-refractivity contribution is -0.146. The van der Waals surface area contributed by atoms with Gasteiger partial charge in [0, 0.05) is 16.1 Å². The second-order valence-corrected chi connectivity index (χ2v) is 5.77. The Kier molecular flexibility index (Phi) is 5.02. The first kappa shape index (κ1) is 16.4. The summed E-state index contributed by atoms with van der Waals surface area (Å²) in [6.07, 6.45) is -1.72. The number of aliphatic carboxylic acids is 1. The lowest BCUT2D eigenvalue weighted by atomic mass is 10.0. The van der Waals surface area contributed by atoms with E-state index in [0.29, 0.717) is 16.1 Å². The molecule has 1 unspecified atom stereocenters. The molecule has 0 aliphatic heterocycles. The lowest BCUT2D eigenvalue weighted by Crippen LogP contribution is -2.11. The lowest BCUT2D eigenvalue weighted by Gasteiger charge is -2.12. The van der Waals surface area contributed by atoms with E-state index in [9.17, 15) is 9.90 Å². The minimum absolute atomic E-state index is 0.0730. The molecule has 0 bridgehead atoms. The number of hydrogen-bond acceptors (Lipinski definition) is 2. The van der Waals surface area contributed by atoms with Gasteiger partial charge in [-0.1, -0.05) is 58.5 Å². The predicted molar refractivity (Wildman–Crippen MR) is 84.5 cm³/mol. The largest absolute Gasteiger partial charge is 0.479 e. The van der Waals surface area contributed by atoms with Gasteiger partial charge in [0.15, 0.2) is 6.10 Å². The highest BCUT2D eigenvalue weighted by Gasteiger charge is 2.20. The summed E-state index contributed by atoms with van der Waals surface area (Å²) in [6.45, 7) is 0. The van der Waals surface area contributed by atoms with E-state index in [0.717, 1.165) is 0 Å². The van der Waals surface area contributed by atoms with Crippen molar-refractivity contribution >= 4 is 52.4 Å². The third-order valence-electron chi connectivity index (χ3n) is 2.87. The van der Waals surface area contributed by atoms with Crippen molar-refractivity contribution in [1.29, 1.82) is 0 Å². The van der Waals surface area contributed by atoms with Gasteiger partial charge in [0.1, 0.15) is 0 Å². The standard InChI is InChI=1S/C14H8Cl4O3/c15-9-3-1-6(5-8(9)13(19)14(20)21)7-2-4-10(16)12(18)11(7)17/h1-5,13,19H,(H,20,21). The average molecular weight is 366 g/mol. The van der Waals surface area contributed by atoms with Crippen LogP contribution >= 0.6 is 46.4 Å². The van der Waals surface area contributed by atoms with Gasteiger partial charge < -0.3 is 10.2 Å². The molecule has 0 saturated heterocycles. The SMILES string of the molecule is O=C(O)C(O)c1cc(-c2ccc(Cl)c(Cl)c2Cl)ccc1Cl. The molecule has 2 N–H and O–H groups in total. The van der Waals surface area contributed by atoms with E-state index in [-0.39, 0.29) is 20.6 Å². The third kappa shape index (κ3) is 3.28. The van der Waals surface area contributed by atoms with Gasteiger partial charge in [-0.25, -0.2) is 4.79 Å². The van der Waals surface area contributed by atoms with Crippen LogP contribution in [0.4, 0.5) is 0 Å². The van der Waals surface area contributed by atoms with E-state index in [1.165, 1.54) is 12.1 Å². The van der Waals surface area contributed by atoms with Crippen molar-refractivity contribution in [3.8, 4) is 11.1 Å². The van der Waals surface area contributed by atoms with Crippen molar-refractivity contribution in [1.82, 2.24) is 0 Å². The highest BCUT2D eigenvalue weighted by atomic mass is 35.5. The first-order valence-corrected chi connectivity index (χ1v) is 7.18. The predicted octanol–water partition coefficient (Wildman–Crippen LogP) is 5.09. The average Bonchev–Trinajstić information content (AvgIpc) is 2.45. The van der Waals surface area contributed by atoms with E-state index in [1.807, 2.05) is 0 Å². The summed E-state index contributed by atoms with van der Waals surface area (Å²) in [5, 5.41) is 19.4. The molecule has 0 amide bonds. The summed E-state index contributed by atoms with van der Waals surface area (Å²) in [6, 6.07) is 7.80. The van der Waals surface area contributed by atoms with Crippen LogP contribution in [-0.2, 0) is 4.79 Å². The van der Waals surface area contributed by atoms with Gasteiger partial charge in [-0.2, -0.15) is 0 Å². The van der Waals surface area contributed by atoms with Crippen molar-refractivity contribution in [2.75, 3.05) is 0 Å². The van der Waals surface area contributed by atoms with Gasteiger partial charge in [-0.3, -0.25) is 0 Å². The smallest absolute Gasteiger partial charge is 0.337 e. The van der Waals surface area contributed by atoms with Gasteiger partial charge in [0.2, 0.25) is 0 Å². The number of carboxylic acids is 1. The molecular weight excluding hydrogens is 358 g/mol. The number of halogens is 4. The first-order valence-electron chi connectivity index (χ1n) is 5.67. The van der Waals surface area contributed by atoms with Gasteiger partial charge in [0.25, 0.3) is 0 Å². The number of aliphatic hydroxyl groups is 1. The molecule has 0 spiro atoms. The van der Waals surface area contributed by atoms with Gasteiger partial charge >= 0.3 is 5.97 Å². The summed E-state index contributed by atoms with van der Waals surface area (Å²) in [5.74, 6) is -1.39. The maximum absolute atomic E-state index is 10.9. The Morgan fingerprint density at radius 1 is 0.952 bits per heavy atom. The first-order chi connectivity index (χ1) is 9.82. The summed E-state index contributed by atoms with van der Waals surface area (Å²) in [5.41, 5.74) is 1.20. The second kappa shape index (κ2) is 6.42. The Bertz CT molecular complexity index is 716. The maximum Gasteiger partial charge on any atom is 0.337 e. The summed E-state index contributed by atoms with van der Waals surface area (Å²) in [4.78, 5) is 10.9. The Labute approximate surface area is 140 Å². The van der Waals surface area contributed by atoms with E-state index in [2.05, 4.69) is 0 Å². The summed E-state index contributed by atoms with van der Waals surface area (Å²) in [7, 11) is 0. The molecule has 0 heterocycles. The molecule has 21 heavy (non-hydrogen) atoms. The van der Waals surface area contributed by atoms with Crippen LogP contribution in [0.2, 0.25) is 20.1 Å². The molecule has 0 aromatic heterocycles. The fraction of sp³-hybridized carbons (Fsp3) is 0.0714. The van der Waals surface area contributed by atoms with E-state index >= 15 is 0 Å². The minimum Gasteiger partial charge on any atom is -0.479 e. The molecule has 3 nitrogen and oxygen atoms in total. The molecule has 0 aliphatic rings. The molecule has 0 aliphatic carbocycles. The molecule has 7 heteroatoms. The van der Waals surface area contributed by atoms with Crippen LogP contribution in [0.5, 0.6) is 0 Å². The topological polar surface area (TPSA) is 57.5 Å². The van der Waals surface area contributed by atoms with Crippen molar-refractivity contribution in [2.24, 2.45) is 0 Å². The Morgan fingerprint density at radius 3 is 2.19 bits per heavy atom. The van der Waals surface area contributed by atoms with Crippen molar-refractivity contribution in [3.63, 3.8) is 0 Å². The zero-order chi connectivity index (χ0) is 15.7. The molecule has 0 radical (unpaired) electrons. The summed E-state index contributed by atoms with van der Waals surface area (Å²) >= 11 is 23.9. The Balaban J connectivity index is 2.59. The highest BCUT2D eigenvalue weighted by molar-refractivity contribution is 6.49. The fourth-order valence-electron chi connectivity index (χ4n) is 1.80. The molecule has 2 aromatic carbocycles. The molecular formula is C14H8Cl4O3. The van der Waals surface area contributed by atoms with E-state index < -0.39 is 12.1 Å². The molecule has 0 saturated carbocycles. The molecule has 2 rings (SSSR count). The monoisotopic (exact) mass is 364 g/mol. The second-order valence-electron chi connectivity index (χ2n) is 4.20. The quantitative estimate of drug-likeness (QED) is 0.745. The maximum atomic E-state index is 10.9. The van der Waals surface area contributed by atoms with E-state index in [1.54, 1.807) is 18.2 Å². The molecule has 110 valence electrons. The van der Waals surface area contributed by atoms with Gasteiger partial charge in [0.05, 0.1) is 15.1 Å². The number of carboxylic acid groups (broad SMARTS) is 1. The van der Waals surface area contributed by atoms with Crippen LogP contribution in [0, 0.1) is 0 Å². The number of carbonyl (C=O) groups is 1. The van der Waals surface area contributed by atoms with Crippen molar-refractivity contribution in [2.45, 2.75) is 6.10 Å². The number of rotatable bonds is 3. The van der Waals surface area contributed by atoms with Crippen LogP contribution in [0.25, 0.3) is 11.1 Å². The normalized spacial score (nSPS) is 12.2. The Morgan fingerprint density at radius 2 is 1.57 bits per heavy atom. The van der Waals surface area contributed by atoms with Gasteiger partial charge in [-0.05, 0) is 23.8 Å². The zero-order valence-electron chi connectivity index (χ0n) is 10.3. The van der Waals surface area contributed by atoms with Crippen LogP contribution in [0.1, 0.15) is 11.7 Å². The van der Waals surface area contributed by atoms with Crippen LogP contribution in [-0.4, -0.2) is 16.2 Å².